The third kappa shape index (κ3) is 4.93. The van der Waals surface area contributed by atoms with E-state index in [4.69, 9.17) is 0 Å². The number of rotatable bonds is 7. The van der Waals surface area contributed by atoms with Crippen molar-refractivity contribution in [3.8, 4) is 0 Å². The maximum absolute atomic E-state index is 4.49. The molecule has 1 aromatic rings. The Morgan fingerprint density at radius 2 is 2.15 bits per heavy atom. The van der Waals surface area contributed by atoms with E-state index in [1.54, 1.807) is 0 Å². The quantitative estimate of drug-likeness (QED) is 0.701. The maximum atomic E-state index is 4.49. The maximum Gasteiger partial charge on any atom is 0.0646 e. The third-order valence-electron chi connectivity index (χ3n) is 4.34. The molecular formula is C17H31N3. The molecule has 1 aliphatic rings. The first kappa shape index (κ1) is 15.6. The molecule has 0 amide bonds. The van der Waals surface area contributed by atoms with Crippen molar-refractivity contribution in [2.45, 2.75) is 65.3 Å². The highest BCUT2D eigenvalue weighted by Crippen LogP contribution is 2.21. The van der Waals surface area contributed by atoms with Crippen molar-refractivity contribution in [1.29, 1.82) is 0 Å². The summed E-state index contributed by atoms with van der Waals surface area (Å²) in [6, 6.07) is 0.591. The van der Waals surface area contributed by atoms with Gasteiger partial charge in [0.05, 0.1) is 12.2 Å². The SMILES string of the molecule is Cc1cnn(C2CCCN(CCCCCC(C)C)C2)c1. The molecule has 2 heterocycles. The lowest BCUT2D eigenvalue weighted by Gasteiger charge is -2.32. The van der Waals surface area contributed by atoms with Crippen molar-refractivity contribution < 1.29 is 0 Å². The summed E-state index contributed by atoms with van der Waals surface area (Å²) < 4.78 is 2.18. The average molecular weight is 277 g/mol. The predicted octanol–water partition coefficient (Wildman–Crippen LogP) is 4.04. The topological polar surface area (TPSA) is 21.1 Å². The van der Waals surface area contributed by atoms with Gasteiger partial charge in [-0.3, -0.25) is 4.68 Å². The summed E-state index contributed by atoms with van der Waals surface area (Å²) >= 11 is 0. The highest BCUT2D eigenvalue weighted by molar-refractivity contribution is 5.01. The molecular weight excluding hydrogens is 246 g/mol. The molecule has 1 unspecified atom stereocenters. The van der Waals surface area contributed by atoms with Crippen molar-refractivity contribution in [2.24, 2.45) is 5.92 Å². The van der Waals surface area contributed by atoms with Crippen LogP contribution in [0.4, 0.5) is 0 Å². The molecule has 114 valence electrons. The second kappa shape index (κ2) is 7.82. The van der Waals surface area contributed by atoms with Crippen LogP contribution in [-0.4, -0.2) is 34.3 Å². The molecule has 1 aliphatic heterocycles. The number of likely N-dealkylation sites (tertiary alicyclic amines) is 1. The van der Waals surface area contributed by atoms with Gasteiger partial charge in [0, 0.05) is 12.7 Å². The Hall–Kier alpha value is -0.830. The molecule has 0 aliphatic carbocycles. The van der Waals surface area contributed by atoms with Gasteiger partial charge in [-0.1, -0.05) is 33.1 Å². The summed E-state index contributed by atoms with van der Waals surface area (Å²) in [5, 5.41) is 4.49. The van der Waals surface area contributed by atoms with E-state index in [0.717, 1.165) is 5.92 Å². The van der Waals surface area contributed by atoms with Crippen LogP contribution in [0.25, 0.3) is 0 Å². The van der Waals surface area contributed by atoms with Crippen molar-refractivity contribution >= 4 is 0 Å². The van der Waals surface area contributed by atoms with Gasteiger partial charge in [0.1, 0.15) is 0 Å². The number of piperidine rings is 1. The average Bonchev–Trinajstić information content (AvgIpc) is 2.85. The lowest BCUT2D eigenvalue weighted by Crippen LogP contribution is -2.37. The number of hydrogen-bond acceptors (Lipinski definition) is 2. The van der Waals surface area contributed by atoms with Crippen LogP contribution in [-0.2, 0) is 0 Å². The fourth-order valence-corrected chi connectivity index (χ4v) is 3.15. The van der Waals surface area contributed by atoms with Crippen LogP contribution in [0, 0.1) is 12.8 Å². The minimum Gasteiger partial charge on any atom is -0.301 e. The zero-order valence-corrected chi connectivity index (χ0v) is 13.5. The van der Waals surface area contributed by atoms with Crippen molar-refractivity contribution in [3.05, 3.63) is 18.0 Å². The van der Waals surface area contributed by atoms with Crippen molar-refractivity contribution in [2.75, 3.05) is 19.6 Å². The molecule has 2 rings (SSSR count). The normalized spacial score (nSPS) is 20.7. The molecule has 1 fully saturated rings. The summed E-state index contributed by atoms with van der Waals surface area (Å²) in [5.74, 6) is 0.859. The Morgan fingerprint density at radius 1 is 1.30 bits per heavy atom. The standard InChI is InChI=1S/C17H31N3/c1-15(2)8-5-4-6-10-19-11-7-9-17(14-19)20-13-16(3)12-18-20/h12-13,15,17H,4-11,14H2,1-3H3. The molecule has 1 atom stereocenters. The first-order valence-electron chi connectivity index (χ1n) is 8.38. The van der Waals surface area contributed by atoms with Gasteiger partial charge in [-0.2, -0.15) is 5.10 Å². The van der Waals surface area contributed by atoms with Gasteiger partial charge in [0.25, 0.3) is 0 Å². The molecule has 0 spiro atoms. The van der Waals surface area contributed by atoms with Crippen LogP contribution in [0.15, 0.2) is 12.4 Å². The Bertz CT molecular complexity index is 383. The number of aromatic nitrogens is 2. The van der Waals surface area contributed by atoms with E-state index in [9.17, 15) is 0 Å². The van der Waals surface area contributed by atoms with Gasteiger partial charge in [0.15, 0.2) is 0 Å². The fraction of sp³-hybridized carbons (Fsp3) is 0.824. The lowest BCUT2D eigenvalue weighted by molar-refractivity contribution is 0.167. The second-order valence-corrected chi connectivity index (χ2v) is 6.84. The smallest absolute Gasteiger partial charge is 0.0646 e. The van der Waals surface area contributed by atoms with E-state index >= 15 is 0 Å². The highest BCUT2D eigenvalue weighted by atomic mass is 15.3. The third-order valence-corrected chi connectivity index (χ3v) is 4.34. The molecule has 0 bridgehead atoms. The minimum absolute atomic E-state index is 0.591. The van der Waals surface area contributed by atoms with Crippen LogP contribution in [0.5, 0.6) is 0 Å². The summed E-state index contributed by atoms with van der Waals surface area (Å²) in [4.78, 5) is 2.64. The highest BCUT2D eigenvalue weighted by Gasteiger charge is 2.21. The number of unbranched alkanes of at least 4 members (excludes halogenated alkanes) is 2. The zero-order chi connectivity index (χ0) is 14.4. The van der Waals surface area contributed by atoms with Crippen molar-refractivity contribution in [3.63, 3.8) is 0 Å². The molecule has 0 aromatic carbocycles. The molecule has 3 heteroatoms. The minimum atomic E-state index is 0.591. The monoisotopic (exact) mass is 277 g/mol. The zero-order valence-electron chi connectivity index (χ0n) is 13.5. The van der Waals surface area contributed by atoms with Crippen molar-refractivity contribution in [1.82, 2.24) is 14.7 Å². The van der Waals surface area contributed by atoms with Gasteiger partial charge in [-0.05, 0) is 50.8 Å². The van der Waals surface area contributed by atoms with Crippen LogP contribution in [0.2, 0.25) is 0 Å². The molecule has 1 aromatic heterocycles. The van der Waals surface area contributed by atoms with Gasteiger partial charge >= 0.3 is 0 Å². The summed E-state index contributed by atoms with van der Waals surface area (Å²) in [6.45, 7) is 10.5. The van der Waals surface area contributed by atoms with E-state index in [1.165, 1.54) is 63.7 Å². The molecule has 3 nitrogen and oxygen atoms in total. The Kier molecular flexibility index (Phi) is 6.08. The number of nitrogens with zero attached hydrogens (tertiary/aromatic N) is 3. The Morgan fingerprint density at radius 3 is 2.85 bits per heavy atom. The first-order valence-corrected chi connectivity index (χ1v) is 8.38. The van der Waals surface area contributed by atoms with E-state index in [-0.39, 0.29) is 0 Å². The van der Waals surface area contributed by atoms with Gasteiger partial charge in [0.2, 0.25) is 0 Å². The van der Waals surface area contributed by atoms with Crippen LogP contribution < -0.4 is 0 Å². The Balaban J connectivity index is 1.68. The molecule has 0 saturated carbocycles. The number of hydrogen-bond donors (Lipinski definition) is 0. The first-order chi connectivity index (χ1) is 9.65. The van der Waals surface area contributed by atoms with E-state index in [2.05, 4.69) is 41.6 Å². The summed E-state index contributed by atoms with van der Waals surface area (Å²) in [7, 11) is 0. The predicted molar refractivity (Wildman–Crippen MR) is 85.0 cm³/mol. The number of aryl methyl sites for hydroxylation is 1. The molecule has 0 N–H and O–H groups in total. The summed E-state index contributed by atoms with van der Waals surface area (Å²) in [5.41, 5.74) is 1.27. The van der Waals surface area contributed by atoms with Gasteiger partial charge in [-0.25, -0.2) is 0 Å². The molecule has 20 heavy (non-hydrogen) atoms. The van der Waals surface area contributed by atoms with Crippen LogP contribution in [0.3, 0.4) is 0 Å². The largest absolute Gasteiger partial charge is 0.301 e. The van der Waals surface area contributed by atoms with Crippen LogP contribution >= 0.6 is 0 Å². The molecule has 1 saturated heterocycles. The Labute approximate surface area is 124 Å². The lowest BCUT2D eigenvalue weighted by atomic mass is 10.0. The second-order valence-electron chi connectivity index (χ2n) is 6.84. The van der Waals surface area contributed by atoms with Gasteiger partial charge in [-0.15, -0.1) is 0 Å². The summed E-state index contributed by atoms with van der Waals surface area (Å²) in [6.07, 6.45) is 12.3. The van der Waals surface area contributed by atoms with E-state index < -0.39 is 0 Å². The molecule has 0 radical (unpaired) electrons. The fourth-order valence-electron chi connectivity index (χ4n) is 3.15. The van der Waals surface area contributed by atoms with E-state index in [1.807, 2.05) is 6.20 Å². The van der Waals surface area contributed by atoms with Gasteiger partial charge < -0.3 is 4.90 Å². The van der Waals surface area contributed by atoms with E-state index in [0.29, 0.717) is 6.04 Å². The van der Waals surface area contributed by atoms with Crippen LogP contribution in [0.1, 0.15) is 64.0 Å².